The van der Waals surface area contributed by atoms with Crippen LogP contribution in [0.5, 0.6) is 0 Å². The molecule has 0 aliphatic heterocycles. The van der Waals surface area contributed by atoms with Gasteiger partial charge in [0.1, 0.15) is 0 Å². The Hall–Kier alpha value is -0.570. The molecule has 0 radical (unpaired) electrons. The van der Waals surface area contributed by atoms with Crippen LogP contribution in [0.15, 0.2) is 0 Å². The normalized spacial score (nSPS) is 47.2. The maximum Gasteiger partial charge on any atom is 0.303 e. The quantitative estimate of drug-likeness (QED) is 0.591. The predicted molar refractivity (Wildman–Crippen MR) is 114 cm³/mol. The molecule has 4 saturated carbocycles. The summed E-state index contributed by atoms with van der Waals surface area (Å²) in [4.78, 5) is 10.9. The van der Waals surface area contributed by atoms with Gasteiger partial charge in [-0.05, 0) is 98.2 Å². The average molecular weight is 393 g/mol. The van der Waals surface area contributed by atoms with Crippen LogP contribution in [0.25, 0.3) is 0 Å². The van der Waals surface area contributed by atoms with E-state index in [1.54, 1.807) is 0 Å². The zero-order chi connectivity index (χ0) is 20.5. The molecule has 0 bridgehead atoms. The Kier molecular flexibility index (Phi) is 6.84. The van der Waals surface area contributed by atoms with E-state index in [-0.39, 0.29) is 17.9 Å². The maximum absolute atomic E-state index is 10.9. The summed E-state index contributed by atoms with van der Waals surface area (Å²) in [6.07, 6.45) is 13.7. The number of aliphatic hydroxyl groups excluding tert-OH is 1. The van der Waals surface area contributed by atoms with Crippen LogP contribution in [0.3, 0.4) is 0 Å². The lowest BCUT2D eigenvalue weighted by Gasteiger charge is -2.60. The standard InChI is InChI=1S/C23H38O3.C2H6/c1-22-12-4-3-6-15(22)9-10-16-17(22)11-13-23(2)18(7-5-8-21(25)26)20(24)14-19(16)23;1-2/h15-20,24H,3-14H2,1-2H3,(H,25,26);1-2H3. The van der Waals surface area contributed by atoms with E-state index < -0.39 is 5.97 Å². The van der Waals surface area contributed by atoms with Crippen molar-refractivity contribution in [3.63, 3.8) is 0 Å². The molecule has 8 atom stereocenters. The van der Waals surface area contributed by atoms with Gasteiger partial charge in [-0.15, -0.1) is 0 Å². The van der Waals surface area contributed by atoms with Crippen molar-refractivity contribution >= 4 is 5.97 Å². The molecule has 0 aromatic rings. The highest BCUT2D eigenvalue weighted by Gasteiger charge is 2.61. The van der Waals surface area contributed by atoms with Gasteiger partial charge >= 0.3 is 5.97 Å². The van der Waals surface area contributed by atoms with Gasteiger partial charge in [-0.25, -0.2) is 0 Å². The Morgan fingerprint density at radius 1 is 0.964 bits per heavy atom. The molecule has 3 nitrogen and oxygen atoms in total. The second-order valence-electron chi connectivity index (χ2n) is 10.6. The van der Waals surface area contributed by atoms with Crippen LogP contribution < -0.4 is 0 Å². The summed E-state index contributed by atoms with van der Waals surface area (Å²) in [7, 11) is 0. The van der Waals surface area contributed by atoms with Gasteiger partial charge in [-0.2, -0.15) is 0 Å². The molecular formula is C25H44O3. The van der Waals surface area contributed by atoms with E-state index in [2.05, 4.69) is 13.8 Å². The minimum absolute atomic E-state index is 0.213. The maximum atomic E-state index is 10.9. The number of aliphatic carboxylic acids is 1. The van der Waals surface area contributed by atoms with Gasteiger partial charge in [-0.1, -0.05) is 40.5 Å². The molecule has 4 aliphatic carbocycles. The molecule has 2 N–H and O–H groups in total. The first-order valence-corrected chi connectivity index (χ1v) is 12.3. The minimum Gasteiger partial charge on any atom is -0.481 e. The number of carboxylic acids is 1. The van der Waals surface area contributed by atoms with Crippen LogP contribution in [0.1, 0.15) is 105 Å². The summed E-state index contributed by atoms with van der Waals surface area (Å²) < 4.78 is 0. The van der Waals surface area contributed by atoms with E-state index in [1.165, 1.54) is 51.4 Å². The number of aliphatic hydroxyl groups is 1. The smallest absolute Gasteiger partial charge is 0.303 e. The summed E-state index contributed by atoms with van der Waals surface area (Å²) in [6, 6.07) is 0. The van der Waals surface area contributed by atoms with Crippen molar-refractivity contribution in [3.8, 4) is 0 Å². The molecule has 0 aromatic heterocycles. The summed E-state index contributed by atoms with van der Waals surface area (Å²) in [5.41, 5.74) is 0.784. The van der Waals surface area contributed by atoms with Crippen molar-refractivity contribution in [1.29, 1.82) is 0 Å². The van der Waals surface area contributed by atoms with Crippen molar-refractivity contribution in [2.45, 2.75) is 111 Å². The third kappa shape index (κ3) is 3.66. The van der Waals surface area contributed by atoms with Crippen LogP contribution >= 0.6 is 0 Å². The summed E-state index contributed by atoms with van der Waals surface area (Å²) in [6.45, 7) is 9.04. The molecule has 28 heavy (non-hydrogen) atoms. The van der Waals surface area contributed by atoms with Crippen LogP contribution in [0, 0.1) is 40.4 Å². The van der Waals surface area contributed by atoms with Gasteiger partial charge in [0.2, 0.25) is 0 Å². The Bertz CT molecular complexity index is 546. The first-order valence-electron chi connectivity index (χ1n) is 12.3. The van der Waals surface area contributed by atoms with E-state index in [9.17, 15) is 9.90 Å². The molecule has 0 heterocycles. The molecular weight excluding hydrogens is 348 g/mol. The van der Waals surface area contributed by atoms with E-state index >= 15 is 0 Å². The molecule has 4 rings (SSSR count). The highest BCUT2D eigenvalue weighted by atomic mass is 16.4. The topological polar surface area (TPSA) is 57.5 Å². The first-order chi connectivity index (χ1) is 13.4. The lowest BCUT2D eigenvalue weighted by atomic mass is 9.45. The van der Waals surface area contributed by atoms with Gasteiger partial charge in [0.25, 0.3) is 0 Å². The fourth-order valence-corrected chi connectivity index (χ4v) is 8.41. The molecule has 0 amide bonds. The SMILES string of the molecule is CC.CC12CCCCC1CCC1C2CCC2(C)C(CCCC(=O)O)C(O)CC12. The molecule has 0 aromatic carbocycles. The van der Waals surface area contributed by atoms with Crippen molar-refractivity contribution in [2.24, 2.45) is 40.4 Å². The van der Waals surface area contributed by atoms with Gasteiger partial charge in [0, 0.05) is 6.42 Å². The van der Waals surface area contributed by atoms with E-state index in [0.717, 1.165) is 30.6 Å². The Labute approximate surface area is 172 Å². The largest absolute Gasteiger partial charge is 0.481 e. The molecule has 3 heteroatoms. The van der Waals surface area contributed by atoms with Gasteiger partial charge < -0.3 is 10.2 Å². The van der Waals surface area contributed by atoms with Gasteiger partial charge in [0.15, 0.2) is 0 Å². The fraction of sp³-hybridized carbons (Fsp3) is 0.960. The van der Waals surface area contributed by atoms with Crippen molar-refractivity contribution in [2.75, 3.05) is 0 Å². The lowest BCUT2D eigenvalue weighted by Crippen LogP contribution is -2.52. The van der Waals surface area contributed by atoms with Gasteiger partial charge in [0.05, 0.1) is 6.10 Å². The fourth-order valence-electron chi connectivity index (χ4n) is 8.41. The number of fused-ring (bicyclic) bond motifs is 5. The van der Waals surface area contributed by atoms with Crippen molar-refractivity contribution in [1.82, 2.24) is 0 Å². The Morgan fingerprint density at radius 2 is 1.71 bits per heavy atom. The third-order valence-corrected chi connectivity index (χ3v) is 9.73. The molecule has 8 unspecified atom stereocenters. The van der Waals surface area contributed by atoms with E-state index in [4.69, 9.17) is 5.11 Å². The number of hydrogen-bond donors (Lipinski definition) is 2. The zero-order valence-electron chi connectivity index (χ0n) is 18.8. The Balaban J connectivity index is 0.00000109. The lowest BCUT2D eigenvalue weighted by molar-refractivity contribution is -0.137. The third-order valence-electron chi connectivity index (χ3n) is 9.73. The predicted octanol–water partition coefficient (Wildman–Crippen LogP) is 6.29. The first kappa shape index (κ1) is 22.1. The van der Waals surface area contributed by atoms with Crippen LogP contribution in [0.2, 0.25) is 0 Å². The van der Waals surface area contributed by atoms with Crippen LogP contribution in [-0.4, -0.2) is 22.3 Å². The van der Waals surface area contributed by atoms with E-state index in [1.807, 2.05) is 13.8 Å². The summed E-state index contributed by atoms with van der Waals surface area (Å²) in [5.74, 6) is 2.87. The Morgan fingerprint density at radius 3 is 2.43 bits per heavy atom. The number of carbonyl (C=O) groups is 1. The molecule has 4 aliphatic rings. The van der Waals surface area contributed by atoms with Crippen molar-refractivity contribution in [3.05, 3.63) is 0 Å². The highest BCUT2D eigenvalue weighted by molar-refractivity contribution is 5.66. The van der Waals surface area contributed by atoms with Crippen molar-refractivity contribution < 1.29 is 15.0 Å². The summed E-state index contributed by atoms with van der Waals surface area (Å²) in [5, 5.41) is 19.9. The minimum atomic E-state index is -0.702. The summed E-state index contributed by atoms with van der Waals surface area (Å²) >= 11 is 0. The van der Waals surface area contributed by atoms with Crippen LogP contribution in [0.4, 0.5) is 0 Å². The zero-order valence-corrected chi connectivity index (χ0v) is 18.8. The number of rotatable bonds is 4. The number of carboxylic acid groups (broad SMARTS) is 1. The average Bonchev–Trinajstić information content (AvgIpc) is 2.93. The number of hydrogen-bond acceptors (Lipinski definition) is 2. The molecule has 0 spiro atoms. The van der Waals surface area contributed by atoms with Crippen LogP contribution in [-0.2, 0) is 4.79 Å². The van der Waals surface area contributed by atoms with Gasteiger partial charge in [-0.3, -0.25) is 4.79 Å². The second-order valence-corrected chi connectivity index (χ2v) is 10.6. The second kappa shape index (κ2) is 8.66. The molecule has 162 valence electrons. The molecule has 4 fully saturated rings. The monoisotopic (exact) mass is 392 g/mol. The molecule has 0 saturated heterocycles. The van der Waals surface area contributed by atoms with E-state index in [0.29, 0.717) is 23.7 Å². The highest BCUT2D eigenvalue weighted by Crippen LogP contribution is 2.67.